The molecular formula is C40H43N4P. The smallest absolute Gasteiger partial charge is 0.115 e. The van der Waals surface area contributed by atoms with Crippen LogP contribution in [0.15, 0.2) is 91.0 Å². The standard InChI is InChI=1S/C40H43N4P/c1-37(2)30-22-24-39(37,5)35-32(30)34(44(42-35)45(27-18-12-8-13-19-27)28-20-14-9-15-21-28)33-31-29-23-25-40(6,38(29,3)4)36(31)43(41-33)26-16-10-7-11-17-26/h7-21,29-30H,22-25H2,1-6H3/t29-,30?,39?,40+/m1/s1. The van der Waals surface area contributed by atoms with Gasteiger partial charge >= 0.3 is 0 Å². The van der Waals surface area contributed by atoms with Crippen molar-refractivity contribution in [3.63, 3.8) is 0 Å². The zero-order valence-electron chi connectivity index (χ0n) is 27.4. The van der Waals surface area contributed by atoms with E-state index in [1.165, 1.54) is 70.2 Å². The minimum Gasteiger partial charge on any atom is -0.236 e. The molecule has 0 N–H and O–H groups in total. The minimum atomic E-state index is -0.960. The fraction of sp³-hybridized carbons (Fsp3) is 0.400. The monoisotopic (exact) mass is 610 g/mol. The van der Waals surface area contributed by atoms with Crippen LogP contribution < -0.4 is 10.6 Å². The van der Waals surface area contributed by atoms with Gasteiger partial charge in [-0.15, -0.1) is 0 Å². The molecule has 4 atom stereocenters. The maximum absolute atomic E-state index is 5.79. The summed E-state index contributed by atoms with van der Waals surface area (Å²) in [4.78, 5) is 0. The highest BCUT2D eigenvalue weighted by atomic mass is 31.1. The van der Waals surface area contributed by atoms with Crippen LogP contribution in [0.3, 0.4) is 0 Å². The Bertz CT molecular complexity index is 1910. The van der Waals surface area contributed by atoms with Crippen LogP contribution in [0.1, 0.15) is 102 Å². The van der Waals surface area contributed by atoms with Gasteiger partial charge in [-0.2, -0.15) is 10.2 Å². The van der Waals surface area contributed by atoms with E-state index in [1.54, 1.807) is 0 Å². The number of fused-ring (bicyclic) bond motifs is 10. The van der Waals surface area contributed by atoms with E-state index in [0.717, 1.165) is 5.69 Å². The largest absolute Gasteiger partial charge is 0.236 e. The van der Waals surface area contributed by atoms with Crippen LogP contribution >= 0.6 is 8.07 Å². The van der Waals surface area contributed by atoms with Crippen molar-refractivity contribution in [3.8, 4) is 17.1 Å². The molecule has 2 heterocycles. The second-order valence-corrected chi connectivity index (χ2v) is 17.7. The van der Waals surface area contributed by atoms with E-state index in [-0.39, 0.29) is 21.7 Å². The number of nitrogens with zero attached hydrogens (tertiary/aromatic N) is 4. The van der Waals surface area contributed by atoms with Crippen molar-refractivity contribution in [2.45, 2.75) is 89.9 Å². The summed E-state index contributed by atoms with van der Waals surface area (Å²) in [5, 5.41) is 14.2. The highest BCUT2D eigenvalue weighted by Gasteiger charge is 2.65. The number of hydrogen-bond acceptors (Lipinski definition) is 2. The lowest BCUT2D eigenvalue weighted by Crippen LogP contribution is -2.33. The van der Waals surface area contributed by atoms with Crippen LogP contribution in [0.25, 0.3) is 17.1 Å². The molecule has 2 saturated carbocycles. The quantitative estimate of drug-likeness (QED) is 0.186. The van der Waals surface area contributed by atoms with Gasteiger partial charge in [-0.3, -0.25) is 0 Å². The Balaban J connectivity index is 1.40. The van der Waals surface area contributed by atoms with Gasteiger partial charge in [-0.25, -0.2) is 9.13 Å². The van der Waals surface area contributed by atoms with Crippen LogP contribution in [0.5, 0.6) is 0 Å². The van der Waals surface area contributed by atoms with Gasteiger partial charge in [-0.1, -0.05) is 120 Å². The van der Waals surface area contributed by atoms with E-state index < -0.39 is 8.07 Å². The maximum Gasteiger partial charge on any atom is 0.115 e. The predicted octanol–water partition coefficient (Wildman–Crippen LogP) is 8.98. The molecular weight excluding hydrogens is 567 g/mol. The van der Waals surface area contributed by atoms with E-state index in [1.807, 2.05) is 0 Å². The van der Waals surface area contributed by atoms with Crippen molar-refractivity contribution in [3.05, 3.63) is 114 Å². The molecule has 5 aromatic rings. The highest BCUT2D eigenvalue weighted by molar-refractivity contribution is 7.71. The summed E-state index contributed by atoms with van der Waals surface area (Å²) in [5.41, 5.74) is 9.82. The summed E-state index contributed by atoms with van der Waals surface area (Å²) in [6, 6.07) is 33.1. The summed E-state index contributed by atoms with van der Waals surface area (Å²) < 4.78 is 4.82. The van der Waals surface area contributed by atoms with E-state index >= 15 is 0 Å². The number of benzene rings is 3. The van der Waals surface area contributed by atoms with Gasteiger partial charge < -0.3 is 0 Å². The lowest BCUT2D eigenvalue weighted by Gasteiger charge is -2.35. The molecule has 4 aliphatic rings. The van der Waals surface area contributed by atoms with Crippen LogP contribution in [-0.4, -0.2) is 19.3 Å². The summed E-state index contributed by atoms with van der Waals surface area (Å²) in [6.07, 6.45) is 4.85. The second-order valence-electron chi connectivity index (χ2n) is 15.6. The molecule has 2 unspecified atom stereocenters. The Morgan fingerprint density at radius 1 is 0.622 bits per heavy atom. The minimum absolute atomic E-state index is 0.0524. The van der Waals surface area contributed by atoms with E-state index in [0.29, 0.717) is 11.8 Å². The third-order valence-corrected chi connectivity index (χ3v) is 15.7. The highest BCUT2D eigenvalue weighted by Crippen LogP contribution is 2.72. The Labute approximate surface area is 268 Å². The van der Waals surface area contributed by atoms with Gasteiger partial charge in [0.1, 0.15) is 5.69 Å². The Hall–Kier alpha value is -3.49. The third kappa shape index (κ3) is 3.32. The molecule has 228 valence electrons. The summed E-state index contributed by atoms with van der Waals surface area (Å²) in [7, 11) is -0.960. The predicted molar refractivity (Wildman–Crippen MR) is 185 cm³/mol. The molecule has 0 saturated heterocycles. The average molecular weight is 611 g/mol. The van der Waals surface area contributed by atoms with E-state index in [4.69, 9.17) is 10.2 Å². The second kappa shape index (κ2) is 9.07. The summed E-state index contributed by atoms with van der Waals surface area (Å²) in [5.74, 6) is 0.954. The first-order valence-electron chi connectivity index (χ1n) is 16.8. The molecule has 0 spiro atoms. The van der Waals surface area contributed by atoms with Crippen molar-refractivity contribution in [1.82, 2.24) is 19.3 Å². The molecule has 5 heteroatoms. The van der Waals surface area contributed by atoms with Gasteiger partial charge in [0.15, 0.2) is 0 Å². The zero-order valence-corrected chi connectivity index (χ0v) is 28.3. The Kier molecular flexibility index (Phi) is 5.60. The van der Waals surface area contributed by atoms with Gasteiger partial charge in [0.25, 0.3) is 0 Å². The first kappa shape index (κ1) is 27.8. The normalized spacial score (nSPS) is 28.2. The first-order valence-corrected chi connectivity index (χ1v) is 18.1. The number of rotatable bonds is 5. The fourth-order valence-corrected chi connectivity index (χ4v) is 12.3. The summed E-state index contributed by atoms with van der Waals surface area (Å²) >= 11 is 0. The molecule has 2 fully saturated rings. The van der Waals surface area contributed by atoms with Crippen LogP contribution in [-0.2, 0) is 10.8 Å². The number of aromatic nitrogens is 4. The van der Waals surface area contributed by atoms with Gasteiger partial charge in [0, 0.05) is 32.6 Å². The maximum atomic E-state index is 5.79. The molecule has 45 heavy (non-hydrogen) atoms. The van der Waals surface area contributed by atoms with Crippen LogP contribution in [0.2, 0.25) is 0 Å². The SMILES string of the molecule is CC12CCC(c3c1nn(P(c1ccccc1)c1ccccc1)c3-c1nn(-c3ccccc3)c3c1[C@H]1CC[C@]3(C)C1(C)C)C2(C)C. The van der Waals surface area contributed by atoms with Crippen LogP contribution in [0.4, 0.5) is 0 Å². The van der Waals surface area contributed by atoms with E-state index in [2.05, 4.69) is 142 Å². The molecule has 3 aromatic carbocycles. The van der Waals surface area contributed by atoms with Crippen LogP contribution in [0, 0.1) is 10.8 Å². The van der Waals surface area contributed by atoms with Crippen molar-refractivity contribution < 1.29 is 0 Å². The molecule has 9 rings (SSSR count). The van der Waals surface area contributed by atoms with E-state index in [9.17, 15) is 0 Å². The lowest BCUT2D eigenvalue weighted by molar-refractivity contribution is 0.222. The molecule has 0 amide bonds. The third-order valence-electron chi connectivity index (χ3n) is 13.4. The van der Waals surface area contributed by atoms with Gasteiger partial charge in [-0.05, 0) is 60.5 Å². The lowest BCUT2D eigenvalue weighted by atomic mass is 9.70. The molecule has 0 radical (unpaired) electrons. The topological polar surface area (TPSA) is 35.6 Å². The molecule has 0 aliphatic heterocycles. The Morgan fingerprint density at radius 2 is 1.13 bits per heavy atom. The fourth-order valence-electron chi connectivity index (χ4n) is 10.1. The summed E-state index contributed by atoms with van der Waals surface area (Å²) in [6.45, 7) is 15.0. The van der Waals surface area contributed by atoms with Gasteiger partial charge in [0.2, 0.25) is 0 Å². The first-order chi connectivity index (χ1) is 21.6. The van der Waals surface area contributed by atoms with Crippen molar-refractivity contribution in [2.24, 2.45) is 10.8 Å². The molecule has 4 aliphatic carbocycles. The average Bonchev–Trinajstić information content (AvgIpc) is 3.80. The zero-order chi connectivity index (χ0) is 30.9. The number of hydrogen-bond donors (Lipinski definition) is 0. The van der Waals surface area contributed by atoms with Crippen molar-refractivity contribution in [1.29, 1.82) is 0 Å². The molecule has 4 bridgehead atoms. The molecule has 2 aromatic heterocycles. The molecule has 4 nitrogen and oxygen atoms in total. The van der Waals surface area contributed by atoms with Crippen molar-refractivity contribution >= 4 is 18.7 Å². The van der Waals surface area contributed by atoms with Gasteiger partial charge in [0.05, 0.1) is 30.8 Å². The Morgan fingerprint density at radius 3 is 1.73 bits per heavy atom. The van der Waals surface area contributed by atoms with Crippen molar-refractivity contribution in [2.75, 3.05) is 0 Å². The number of para-hydroxylation sites is 1.